The zero-order valence-corrected chi connectivity index (χ0v) is 17.4. The highest BCUT2D eigenvalue weighted by atomic mass is 35.5. The molecule has 2 aromatic carbocycles. The predicted octanol–water partition coefficient (Wildman–Crippen LogP) is 4.04. The molecule has 2 rings (SSSR count). The summed E-state index contributed by atoms with van der Waals surface area (Å²) in [6.45, 7) is 4.18. The van der Waals surface area contributed by atoms with Crippen LogP contribution in [0.1, 0.15) is 23.6 Å². The van der Waals surface area contributed by atoms with Gasteiger partial charge in [0, 0.05) is 24.4 Å². The van der Waals surface area contributed by atoms with E-state index < -0.39 is 6.04 Å². The third-order valence-corrected chi connectivity index (χ3v) is 5.46. The average Bonchev–Trinajstić information content (AvgIpc) is 2.65. The summed E-state index contributed by atoms with van der Waals surface area (Å²) in [6.07, 6.45) is 0. The van der Waals surface area contributed by atoms with Crippen LogP contribution in [0.15, 0.2) is 48.5 Å². The van der Waals surface area contributed by atoms with Crippen molar-refractivity contribution in [3.8, 4) is 0 Å². The first kappa shape index (κ1) is 21.3. The van der Waals surface area contributed by atoms with Crippen LogP contribution in [0.25, 0.3) is 0 Å². The van der Waals surface area contributed by atoms with Gasteiger partial charge in [0.15, 0.2) is 0 Å². The molecule has 6 heteroatoms. The van der Waals surface area contributed by atoms with Gasteiger partial charge in [0.25, 0.3) is 0 Å². The molecule has 0 aliphatic carbocycles. The average molecular weight is 405 g/mol. The Hall–Kier alpha value is -1.98. The third-order valence-electron chi connectivity index (χ3n) is 4.23. The fourth-order valence-electron chi connectivity index (χ4n) is 2.76. The van der Waals surface area contributed by atoms with Gasteiger partial charge in [-0.3, -0.25) is 9.59 Å². The van der Waals surface area contributed by atoms with Gasteiger partial charge in [0.1, 0.15) is 6.04 Å². The summed E-state index contributed by atoms with van der Waals surface area (Å²) >= 11 is 7.52. The molecule has 0 fully saturated rings. The van der Waals surface area contributed by atoms with E-state index >= 15 is 0 Å². The number of likely N-dealkylation sites (N-methyl/N-ethyl adjacent to an activating group) is 1. The lowest BCUT2D eigenvalue weighted by atomic mass is 10.1. The quantitative estimate of drug-likeness (QED) is 0.722. The van der Waals surface area contributed by atoms with Gasteiger partial charge in [0.05, 0.1) is 5.75 Å². The lowest BCUT2D eigenvalue weighted by molar-refractivity contribution is -0.138. The number of halogens is 1. The number of amides is 2. The molecule has 0 spiro atoms. The van der Waals surface area contributed by atoms with Crippen LogP contribution in [0.3, 0.4) is 0 Å². The topological polar surface area (TPSA) is 49.4 Å². The van der Waals surface area contributed by atoms with Gasteiger partial charge in [-0.2, -0.15) is 0 Å². The lowest BCUT2D eigenvalue weighted by Crippen LogP contribution is -2.47. The number of benzene rings is 2. The number of hydrogen-bond donors (Lipinski definition) is 1. The second-order valence-corrected chi connectivity index (χ2v) is 7.85. The second kappa shape index (κ2) is 10.4. The van der Waals surface area contributed by atoms with Crippen LogP contribution in [0, 0.1) is 6.92 Å². The van der Waals surface area contributed by atoms with E-state index in [2.05, 4.69) is 5.32 Å². The number of carbonyl (C=O) groups excluding carboxylic acids is 2. The summed E-state index contributed by atoms with van der Waals surface area (Å²) < 4.78 is 0. The van der Waals surface area contributed by atoms with E-state index in [1.165, 1.54) is 11.8 Å². The van der Waals surface area contributed by atoms with Crippen molar-refractivity contribution in [1.29, 1.82) is 0 Å². The normalized spacial score (nSPS) is 11.7. The maximum absolute atomic E-state index is 12.9. The fourth-order valence-corrected chi connectivity index (χ4v) is 3.84. The Morgan fingerprint density at radius 1 is 1.15 bits per heavy atom. The molecule has 0 saturated carbocycles. The van der Waals surface area contributed by atoms with Crippen LogP contribution >= 0.6 is 23.4 Å². The molecule has 1 atom stereocenters. The molecule has 27 heavy (non-hydrogen) atoms. The minimum absolute atomic E-state index is 0.0559. The van der Waals surface area contributed by atoms with Gasteiger partial charge < -0.3 is 10.2 Å². The van der Waals surface area contributed by atoms with Crippen molar-refractivity contribution >= 4 is 35.2 Å². The van der Waals surface area contributed by atoms with Crippen molar-refractivity contribution in [2.24, 2.45) is 0 Å². The number of rotatable bonds is 8. The minimum atomic E-state index is -0.533. The minimum Gasteiger partial charge on any atom is -0.357 e. The van der Waals surface area contributed by atoms with Crippen molar-refractivity contribution in [3.63, 3.8) is 0 Å². The van der Waals surface area contributed by atoms with Crippen LogP contribution in [-0.4, -0.2) is 35.6 Å². The van der Waals surface area contributed by atoms with E-state index in [4.69, 9.17) is 11.6 Å². The van der Waals surface area contributed by atoms with Gasteiger partial charge in [0.2, 0.25) is 11.8 Å². The van der Waals surface area contributed by atoms with Crippen LogP contribution in [-0.2, 0) is 21.9 Å². The van der Waals surface area contributed by atoms with Crippen LogP contribution in [0.4, 0.5) is 0 Å². The molecule has 1 N–H and O–H groups in total. The van der Waals surface area contributed by atoms with Crippen molar-refractivity contribution in [2.75, 3.05) is 12.8 Å². The number of hydrogen-bond acceptors (Lipinski definition) is 3. The number of nitrogens with zero attached hydrogens (tertiary/aromatic N) is 1. The molecule has 2 aromatic rings. The predicted molar refractivity (Wildman–Crippen MR) is 113 cm³/mol. The smallest absolute Gasteiger partial charge is 0.242 e. The molecule has 0 heterocycles. The van der Waals surface area contributed by atoms with Crippen molar-refractivity contribution < 1.29 is 9.59 Å². The first-order chi connectivity index (χ1) is 12.9. The molecule has 2 amide bonds. The van der Waals surface area contributed by atoms with Gasteiger partial charge in [-0.25, -0.2) is 0 Å². The van der Waals surface area contributed by atoms with Gasteiger partial charge in [-0.05, 0) is 37.1 Å². The van der Waals surface area contributed by atoms with Crippen LogP contribution in [0.5, 0.6) is 0 Å². The van der Waals surface area contributed by atoms with Gasteiger partial charge >= 0.3 is 0 Å². The van der Waals surface area contributed by atoms with E-state index in [1.807, 2.05) is 55.5 Å². The third kappa shape index (κ3) is 6.60. The molecule has 4 nitrogen and oxygen atoms in total. The van der Waals surface area contributed by atoms with Crippen molar-refractivity contribution in [2.45, 2.75) is 32.2 Å². The number of aryl methyl sites for hydroxylation is 1. The molecule has 0 bridgehead atoms. The molecular formula is C21H25ClN2O2S. The van der Waals surface area contributed by atoms with Crippen molar-refractivity contribution in [1.82, 2.24) is 10.2 Å². The monoisotopic (exact) mass is 404 g/mol. The molecular weight excluding hydrogens is 380 g/mol. The zero-order valence-electron chi connectivity index (χ0n) is 15.9. The van der Waals surface area contributed by atoms with Crippen molar-refractivity contribution in [3.05, 3.63) is 70.2 Å². The number of carbonyl (C=O) groups is 2. The Morgan fingerprint density at radius 2 is 1.85 bits per heavy atom. The molecule has 0 aliphatic rings. The second-order valence-electron chi connectivity index (χ2n) is 6.42. The van der Waals surface area contributed by atoms with Gasteiger partial charge in [-0.1, -0.05) is 53.6 Å². The maximum Gasteiger partial charge on any atom is 0.242 e. The summed E-state index contributed by atoms with van der Waals surface area (Å²) in [4.78, 5) is 26.6. The highest BCUT2D eigenvalue weighted by Crippen LogP contribution is 2.18. The SMILES string of the molecule is CNC(=O)[C@@H](C)N(Cc1cccc(C)c1)C(=O)CSCc1cccc(Cl)c1. The zero-order chi connectivity index (χ0) is 19.8. The molecule has 0 aliphatic heterocycles. The molecule has 144 valence electrons. The summed E-state index contributed by atoms with van der Waals surface area (Å²) in [6, 6.07) is 15.1. The summed E-state index contributed by atoms with van der Waals surface area (Å²) in [5.41, 5.74) is 3.21. The Balaban J connectivity index is 2.04. The molecule has 0 unspecified atom stereocenters. The Labute approximate surface area is 170 Å². The van der Waals surface area contributed by atoms with Crippen LogP contribution < -0.4 is 5.32 Å². The number of thioether (sulfide) groups is 1. The standard InChI is InChI=1S/C21H25ClN2O2S/c1-15-6-4-7-17(10-15)12-24(16(2)21(26)23-3)20(25)14-27-13-18-8-5-9-19(22)11-18/h4-11,16H,12-14H2,1-3H3,(H,23,26)/t16-/m1/s1. The van der Waals surface area contributed by atoms with Gasteiger partial charge in [-0.15, -0.1) is 11.8 Å². The lowest BCUT2D eigenvalue weighted by Gasteiger charge is -2.28. The van der Waals surface area contributed by atoms with E-state index in [0.29, 0.717) is 23.1 Å². The Bertz CT molecular complexity index is 797. The van der Waals surface area contributed by atoms with E-state index in [0.717, 1.165) is 16.7 Å². The summed E-state index contributed by atoms with van der Waals surface area (Å²) in [5.74, 6) is 0.772. The first-order valence-electron chi connectivity index (χ1n) is 8.79. The van der Waals surface area contributed by atoms with E-state index in [-0.39, 0.29) is 11.8 Å². The summed E-state index contributed by atoms with van der Waals surface area (Å²) in [5, 5.41) is 3.32. The maximum atomic E-state index is 12.9. The largest absolute Gasteiger partial charge is 0.357 e. The molecule has 0 saturated heterocycles. The first-order valence-corrected chi connectivity index (χ1v) is 10.3. The summed E-state index contributed by atoms with van der Waals surface area (Å²) in [7, 11) is 1.59. The molecule has 0 radical (unpaired) electrons. The number of nitrogens with one attached hydrogen (secondary N) is 1. The molecule has 0 aromatic heterocycles. The fraction of sp³-hybridized carbons (Fsp3) is 0.333. The van der Waals surface area contributed by atoms with E-state index in [1.54, 1.807) is 18.9 Å². The Morgan fingerprint density at radius 3 is 2.52 bits per heavy atom. The highest BCUT2D eigenvalue weighted by molar-refractivity contribution is 7.99. The Kier molecular flexibility index (Phi) is 8.20. The highest BCUT2D eigenvalue weighted by Gasteiger charge is 2.25. The van der Waals surface area contributed by atoms with Crippen LogP contribution in [0.2, 0.25) is 5.02 Å². The van der Waals surface area contributed by atoms with E-state index in [9.17, 15) is 9.59 Å².